The normalized spacial score (nSPS) is 12.6. The number of hydrogen-bond acceptors (Lipinski definition) is 4. The van der Waals surface area contributed by atoms with Crippen molar-refractivity contribution in [3.8, 4) is 11.5 Å². The predicted octanol–water partition coefficient (Wildman–Crippen LogP) is 4.06. The molecular formula is C23H29ClN2O4. The van der Waals surface area contributed by atoms with Crippen molar-refractivity contribution in [1.82, 2.24) is 10.2 Å². The van der Waals surface area contributed by atoms with E-state index in [0.717, 1.165) is 12.0 Å². The molecule has 0 aliphatic carbocycles. The Labute approximate surface area is 183 Å². The molecule has 0 fully saturated rings. The van der Waals surface area contributed by atoms with Crippen LogP contribution in [0.1, 0.15) is 32.8 Å². The third-order valence-electron chi connectivity index (χ3n) is 4.85. The SMILES string of the molecule is CC[C@H](C)NC(=O)[C@@H](C)N(Cc1ccc(Cl)cc1)C(=O)COc1ccccc1OC. The summed E-state index contributed by atoms with van der Waals surface area (Å²) in [6.45, 7) is 5.69. The van der Waals surface area contributed by atoms with Gasteiger partial charge in [0.2, 0.25) is 5.91 Å². The Hall–Kier alpha value is -2.73. The molecule has 2 rings (SSSR count). The average Bonchev–Trinajstić information content (AvgIpc) is 2.76. The molecule has 6 nitrogen and oxygen atoms in total. The molecule has 0 saturated heterocycles. The van der Waals surface area contributed by atoms with Crippen molar-refractivity contribution < 1.29 is 19.1 Å². The van der Waals surface area contributed by atoms with Crippen LogP contribution in [0.3, 0.4) is 0 Å². The molecule has 1 N–H and O–H groups in total. The number of rotatable bonds is 10. The van der Waals surface area contributed by atoms with E-state index in [9.17, 15) is 9.59 Å². The van der Waals surface area contributed by atoms with Gasteiger partial charge in [-0.05, 0) is 50.1 Å². The van der Waals surface area contributed by atoms with Crippen LogP contribution in [0.5, 0.6) is 11.5 Å². The summed E-state index contributed by atoms with van der Waals surface area (Å²) in [5.41, 5.74) is 0.869. The lowest BCUT2D eigenvalue weighted by atomic mass is 10.1. The summed E-state index contributed by atoms with van der Waals surface area (Å²) in [6, 6.07) is 13.7. The van der Waals surface area contributed by atoms with Gasteiger partial charge in [-0.1, -0.05) is 42.8 Å². The number of nitrogens with zero attached hydrogens (tertiary/aromatic N) is 1. The van der Waals surface area contributed by atoms with Gasteiger partial charge in [0.1, 0.15) is 6.04 Å². The molecule has 0 aliphatic heterocycles. The molecule has 30 heavy (non-hydrogen) atoms. The minimum Gasteiger partial charge on any atom is -0.493 e. The van der Waals surface area contributed by atoms with E-state index >= 15 is 0 Å². The molecule has 0 saturated carbocycles. The van der Waals surface area contributed by atoms with Gasteiger partial charge in [0, 0.05) is 17.6 Å². The van der Waals surface area contributed by atoms with Crippen LogP contribution in [0.25, 0.3) is 0 Å². The van der Waals surface area contributed by atoms with E-state index in [1.807, 2.05) is 32.0 Å². The number of amides is 2. The van der Waals surface area contributed by atoms with Gasteiger partial charge in [-0.25, -0.2) is 0 Å². The first-order chi connectivity index (χ1) is 14.3. The van der Waals surface area contributed by atoms with Crippen LogP contribution in [0.4, 0.5) is 0 Å². The number of ether oxygens (including phenoxy) is 2. The number of halogens is 1. The predicted molar refractivity (Wildman–Crippen MR) is 118 cm³/mol. The molecule has 2 aromatic rings. The van der Waals surface area contributed by atoms with Gasteiger partial charge in [0.05, 0.1) is 7.11 Å². The summed E-state index contributed by atoms with van der Waals surface area (Å²) in [6.07, 6.45) is 0.806. The van der Waals surface area contributed by atoms with E-state index < -0.39 is 6.04 Å². The van der Waals surface area contributed by atoms with Crippen LogP contribution in [0.2, 0.25) is 5.02 Å². The quantitative estimate of drug-likeness (QED) is 0.614. The Balaban J connectivity index is 2.17. The van der Waals surface area contributed by atoms with Gasteiger partial charge in [-0.3, -0.25) is 9.59 Å². The van der Waals surface area contributed by atoms with Gasteiger partial charge in [0.15, 0.2) is 18.1 Å². The molecule has 0 radical (unpaired) electrons. The van der Waals surface area contributed by atoms with Crippen molar-refractivity contribution in [2.45, 2.75) is 45.8 Å². The van der Waals surface area contributed by atoms with Crippen LogP contribution in [-0.4, -0.2) is 42.5 Å². The third-order valence-corrected chi connectivity index (χ3v) is 5.11. The van der Waals surface area contributed by atoms with Crippen molar-refractivity contribution in [2.75, 3.05) is 13.7 Å². The molecule has 0 bridgehead atoms. The second-order valence-electron chi connectivity index (χ2n) is 7.08. The maximum Gasteiger partial charge on any atom is 0.261 e. The standard InChI is InChI=1S/C23H29ClN2O4/c1-5-16(2)25-23(28)17(3)26(14-18-10-12-19(24)13-11-18)22(27)15-30-21-9-7-6-8-20(21)29-4/h6-13,16-17H,5,14-15H2,1-4H3,(H,25,28)/t16-,17+/m0/s1. The molecule has 0 heterocycles. The van der Waals surface area contributed by atoms with E-state index in [4.69, 9.17) is 21.1 Å². The number of nitrogens with one attached hydrogen (secondary N) is 1. The van der Waals surface area contributed by atoms with Gasteiger partial charge in [-0.15, -0.1) is 0 Å². The number of carbonyl (C=O) groups excluding carboxylic acids is 2. The smallest absolute Gasteiger partial charge is 0.261 e. The third kappa shape index (κ3) is 6.66. The maximum atomic E-state index is 13.0. The zero-order chi connectivity index (χ0) is 22.1. The van der Waals surface area contributed by atoms with Crippen molar-refractivity contribution in [2.24, 2.45) is 0 Å². The topological polar surface area (TPSA) is 67.9 Å². The van der Waals surface area contributed by atoms with Gasteiger partial charge in [0.25, 0.3) is 5.91 Å². The van der Waals surface area contributed by atoms with E-state index in [0.29, 0.717) is 16.5 Å². The molecule has 2 atom stereocenters. The molecule has 0 spiro atoms. The Morgan fingerprint density at radius 1 is 1.07 bits per heavy atom. The lowest BCUT2D eigenvalue weighted by Gasteiger charge is -2.29. The molecule has 0 unspecified atom stereocenters. The second kappa shape index (κ2) is 11.5. The van der Waals surface area contributed by atoms with Crippen molar-refractivity contribution in [3.63, 3.8) is 0 Å². The first-order valence-corrected chi connectivity index (χ1v) is 10.3. The number of hydrogen-bond donors (Lipinski definition) is 1. The maximum absolute atomic E-state index is 13.0. The van der Waals surface area contributed by atoms with Crippen LogP contribution < -0.4 is 14.8 Å². The Morgan fingerprint density at radius 2 is 1.70 bits per heavy atom. The van der Waals surface area contributed by atoms with Gasteiger partial charge in [-0.2, -0.15) is 0 Å². The average molecular weight is 433 g/mol. The summed E-state index contributed by atoms with van der Waals surface area (Å²) in [7, 11) is 1.54. The minimum atomic E-state index is -0.663. The summed E-state index contributed by atoms with van der Waals surface area (Å²) in [5, 5.41) is 3.55. The molecule has 162 valence electrons. The molecule has 2 aromatic carbocycles. The fraction of sp³-hybridized carbons (Fsp3) is 0.391. The zero-order valence-corrected chi connectivity index (χ0v) is 18.6. The molecule has 2 amide bonds. The summed E-state index contributed by atoms with van der Waals surface area (Å²) >= 11 is 5.97. The van der Waals surface area contributed by atoms with Crippen LogP contribution in [0.15, 0.2) is 48.5 Å². The minimum absolute atomic E-state index is 0.0252. The number of benzene rings is 2. The van der Waals surface area contributed by atoms with E-state index in [2.05, 4.69) is 5.32 Å². The highest BCUT2D eigenvalue weighted by molar-refractivity contribution is 6.30. The fourth-order valence-corrected chi connectivity index (χ4v) is 2.92. The Morgan fingerprint density at radius 3 is 2.30 bits per heavy atom. The lowest BCUT2D eigenvalue weighted by molar-refractivity contribution is -0.142. The Kier molecular flexibility index (Phi) is 8.99. The second-order valence-corrected chi connectivity index (χ2v) is 7.52. The first-order valence-electron chi connectivity index (χ1n) is 9.95. The zero-order valence-electron chi connectivity index (χ0n) is 17.9. The highest BCUT2D eigenvalue weighted by Crippen LogP contribution is 2.26. The van der Waals surface area contributed by atoms with E-state index in [1.54, 1.807) is 37.3 Å². The molecular weight excluding hydrogens is 404 g/mol. The molecule has 0 aliphatic rings. The number of para-hydroxylation sites is 2. The monoisotopic (exact) mass is 432 g/mol. The van der Waals surface area contributed by atoms with Crippen molar-refractivity contribution >= 4 is 23.4 Å². The van der Waals surface area contributed by atoms with E-state index in [1.165, 1.54) is 12.0 Å². The summed E-state index contributed by atoms with van der Waals surface area (Å²) < 4.78 is 11.0. The van der Waals surface area contributed by atoms with Crippen LogP contribution in [-0.2, 0) is 16.1 Å². The fourth-order valence-electron chi connectivity index (χ4n) is 2.80. The van der Waals surface area contributed by atoms with Crippen LogP contribution >= 0.6 is 11.6 Å². The van der Waals surface area contributed by atoms with Crippen molar-refractivity contribution in [1.29, 1.82) is 0 Å². The lowest BCUT2D eigenvalue weighted by Crippen LogP contribution is -2.50. The van der Waals surface area contributed by atoms with Crippen LogP contribution in [0, 0.1) is 0 Å². The molecule has 0 aromatic heterocycles. The highest BCUT2D eigenvalue weighted by atomic mass is 35.5. The van der Waals surface area contributed by atoms with Gasteiger partial charge < -0.3 is 19.7 Å². The van der Waals surface area contributed by atoms with Crippen molar-refractivity contribution in [3.05, 3.63) is 59.1 Å². The summed E-state index contributed by atoms with van der Waals surface area (Å²) in [5.74, 6) is 0.500. The Bertz CT molecular complexity index is 841. The number of methoxy groups -OCH3 is 1. The largest absolute Gasteiger partial charge is 0.493 e. The van der Waals surface area contributed by atoms with Gasteiger partial charge >= 0.3 is 0 Å². The molecule has 7 heteroatoms. The summed E-state index contributed by atoms with van der Waals surface area (Å²) in [4.78, 5) is 27.2. The first kappa shape index (κ1) is 23.5. The highest BCUT2D eigenvalue weighted by Gasteiger charge is 2.27. The number of carbonyl (C=O) groups is 2. The van der Waals surface area contributed by atoms with E-state index in [-0.39, 0.29) is 31.0 Å².